The number of rotatable bonds is 5. The highest BCUT2D eigenvalue weighted by Gasteiger charge is 2.17. The minimum absolute atomic E-state index is 0.0579. The Morgan fingerprint density at radius 1 is 1.29 bits per heavy atom. The van der Waals surface area contributed by atoms with Crippen LogP contribution in [0.15, 0.2) is 18.2 Å². The summed E-state index contributed by atoms with van der Waals surface area (Å²) < 4.78 is 0. The van der Waals surface area contributed by atoms with Crippen molar-refractivity contribution in [2.75, 3.05) is 25.5 Å². The first-order valence-corrected chi connectivity index (χ1v) is 8.23. The van der Waals surface area contributed by atoms with E-state index in [0.717, 1.165) is 12.5 Å². The van der Waals surface area contributed by atoms with Gasteiger partial charge in [-0.1, -0.05) is 42.5 Å². The van der Waals surface area contributed by atoms with Gasteiger partial charge in [-0.3, -0.25) is 9.69 Å². The lowest BCUT2D eigenvalue weighted by atomic mass is 9.89. The second-order valence-electron chi connectivity index (χ2n) is 5.87. The molecule has 5 heteroatoms. The van der Waals surface area contributed by atoms with Gasteiger partial charge in [0.05, 0.1) is 17.3 Å². The molecule has 1 amide bonds. The number of carbonyl (C=O) groups excluding carboxylic acids is 1. The van der Waals surface area contributed by atoms with Crippen molar-refractivity contribution in [1.29, 1.82) is 0 Å². The molecule has 0 saturated heterocycles. The molecule has 1 aromatic carbocycles. The number of nitrogens with zero attached hydrogens (tertiary/aromatic N) is 1. The number of hydrogen-bond donors (Lipinski definition) is 1. The maximum atomic E-state index is 12.1. The first-order valence-electron chi connectivity index (χ1n) is 7.48. The number of halogens is 2. The van der Waals surface area contributed by atoms with Crippen LogP contribution < -0.4 is 5.32 Å². The monoisotopic (exact) mass is 328 g/mol. The van der Waals surface area contributed by atoms with Crippen LogP contribution in [0.1, 0.15) is 32.1 Å². The zero-order valence-electron chi connectivity index (χ0n) is 12.4. The number of hydrogen-bond acceptors (Lipinski definition) is 2. The zero-order valence-corrected chi connectivity index (χ0v) is 13.9. The van der Waals surface area contributed by atoms with Crippen molar-refractivity contribution in [3.05, 3.63) is 28.2 Å². The maximum Gasteiger partial charge on any atom is 0.238 e. The van der Waals surface area contributed by atoms with E-state index >= 15 is 0 Å². The zero-order chi connectivity index (χ0) is 15.2. The molecular weight excluding hydrogens is 307 g/mol. The summed E-state index contributed by atoms with van der Waals surface area (Å²) in [6, 6.07) is 5.06. The highest BCUT2D eigenvalue weighted by atomic mass is 35.5. The van der Waals surface area contributed by atoms with E-state index in [1.54, 1.807) is 18.2 Å². The van der Waals surface area contributed by atoms with Crippen molar-refractivity contribution < 1.29 is 4.79 Å². The Morgan fingerprint density at radius 2 is 2.00 bits per heavy atom. The molecule has 0 aromatic heterocycles. The minimum atomic E-state index is -0.0579. The van der Waals surface area contributed by atoms with Gasteiger partial charge in [0.1, 0.15) is 0 Å². The molecule has 1 N–H and O–H groups in total. The van der Waals surface area contributed by atoms with Crippen LogP contribution in [-0.4, -0.2) is 30.9 Å². The number of nitrogens with one attached hydrogen (secondary N) is 1. The largest absolute Gasteiger partial charge is 0.324 e. The molecule has 0 bridgehead atoms. The van der Waals surface area contributed by atoms with Crippen LogP contribution in [0.5, 0.6) is 0 Å². The SMILES string of the molecule is CN(CC(=O)Nc1cc(Cl)ccc1Cl)CC1CCCCC1. The minimum Gasteiger partial charge on any atom is -0.324 e. The van der Waals surface area contributed by atoms with Crippen LogP contribution in [0.25, 0.3) is 0 Å². The van der Waals surface area contributed by atoms with Crippen molar-refractivity contribution in [1.82, 2.24) is 4.90 Å². The van der Waals surface area contributed by atoms with Crippen molar-refractivity contribution in [2.45, 2.75) is 32.1 Å². The highest BCUT2D eigenvalue weighted by Crippen LogP contribution is 2.26. The molecule has 0 atom stereocenters. The van der Waals surface area contributed by atoms with Crippen molar-refractivity contribution in [2.24, 2.45) is 5.92 Å². The highest BCUT2D eigenvalue weighted by molar-refractivity contribution is 6.35. The molecule has 3 nitrogen and oxygen atoms in total. The van der Waals surface area contributed by atoms with Crippen molar-refractivity contribution >= 4 is 34.8 Å². The molecule has 0 aliphatic heterocycles. The summed E-state index contributed by atoms with van der Waals surface area (Å²) in [5.41, 5.74) is 0.570. The topological polar surface area (TPSA) is 32.3 Å². The van der Waals surface area contributed by atoms with Crippen LogP contribution >= 0.6 is 23.2 Å². The van der Waals surface area contributed by atoms with E-state index in [2.05, 4.69) is 10.2 Å². The average Bonchev–Trinajstić information content (AvgIpc) is 2.43. The molecule has 1 aliphatic rings. The molecule has 1 fully saturated rings. The summed E-state index contributed by atoms with van der Waals surface area (Å²) in [6.45, 7) is 1.36. The van der Waals surface area contributed by atoms with Crippen molar-refractivity contribution in [3.8, 4) is 0 Å². The van der Waals surface area contributed by atoms with E-state index < -0.39 is 0 Å². The molecule has 1 aromatic rings. The number of carbonyl (C=O) groups is 1. The van der Waals surface area contributed by atoms with E-state index in [1.807, 2.05) is 7.05 Å². The first kappa shape index (κ1) is 16.6. The van der Waals surface area contributed by atoms with Gasteiger partial charge in [0, 0.05) is 11.6 Å². The Morgan fingerprint density at radius 3 is 2.71 bits per heavy atom. The van der Waals surface area contributed by atoms with E-state index in [-0.39, 0.29) is 5.91 Å². The third-order valence-corrected chi connectivity index (χ3v) is 4.48. The van der Waals surface area contributed by atoms with E-state index in [9.17, 15) is 4.79 Å². The quantitative estimate of drug-likeness (QED) is 0.866. The van der Waals surface area contributed by atoms with Gasteiger partial charge in [-0.2, -0.15) is 0 Å². The molecule has 0 unspecified atom stereocenters. The van der Waals surface area contributed by atoms with Crippen LogP contribution in [0.2, 0.25) is 10.0 Å². The maximum absolute atomic E-state index is 12.1. The fourth-order valence-corrected chi connectivity index (χ4v) is 3.24. The Bertz CT molecular complexity index is 487. The van der Waals surface area contributed by atoms with Crippen LogP contribution in [0.3, 0.4) is 0 Å². The molecule has 116 valence electrons. The molecule has 21 heavy (non-hydrogen) atoms. The van der Waals surface area contributed by atoms with Gasteiger partial charge in [-0.25, -0.2) is 0 Å². The lowest BCUT2D eigenvalue weighted by Crippen LogP contribution is -2.34. The third kappa shape index (κ3) is 5.50. The molecule has 0 spiro atoms. The van der Waals surface area contributed by atoms with Gasteiger partial charge < -0.3 is 5.32 Å². The Labute approximate surface area is 136 Å². The normalized spacial score (nSPS) is 16.2. The molecule has 1 saturated carbocycles. The van der Waals surface area contributed by atoms with Gasteiger partial charge in [-0.15, -0.1) is 0 Å². The number of benzene rings is 1. The molecule has 2 rings (SSSR count). The fraction of sp³-hybridized carbons (Fsp3) is 0.562. The van der Waals surface area contributed by atoms with Crippen molar-refractivity contribution in [3.63, 3.8) is 0 Å². The van der Waals surface area contributed by atoms with Gasteiger partial charge in [-0.05, 0) is 44.0 Å². The molecule has 0 heterocycles. The van der Waals surface area contributed by atoms with Gasteiger partial charge in [0.25, 0.3) is 0 Å². The standard InChI is InChI=1S/C16H22Cl2N2O/c1-20(10-12-5-3-2-4-6-12)11-16(21)19-15-9-13(17)7-8-14(15)18/h7-9,12H,2-6,10-11H2,1H3,(H,19,21). The van der Waals surface area contributed by atoms with Gasteiger partial charge in [0.15, 0.2) is 0 Å². The van der Waals surface area contributed by atoms with Crippen LogP contribution in [0.4, 0.5) is 5.69 Å². The van der Waals surface area contributed by atoms with Crippen LogP contribution in [0, 0.1) is 5.92 Å². The van der Waals surface area contributed by atoms with E-state index in [0.29, 0.717) is 22.3 Å². The summed E-state index contributed by atoms with van der Waals surface area (Å²) in [7, 11) is 1.99. The summed E-state index contributed by atoms with van der Waals surface area (Å²) >= 11 is 12.0. The second kappa shape index (κ2) is 8.02. The first-order chi connectivity index (χ1) is 10.0. The van der Waals surface area contributed by atoms with Crippen LogP contribution in [-0.2, 0) is 4.79 Å². The van der Waals surface area contributed by atoms with E-state index in [1.165, 1.54) is 32.1 Å². The molecular formula is C16H22Cl2N2O. The average molecular weight is 329 g/mol. The molecule has 1 aliphatic carbocycles. The fourth-order valence-electron chi connectivity index (χ4n) is 2.90. The number of amides is 1. The second-order valence-corrected chi connectivity index (χ2v) is 6.72. The number of likely N-dealkylation sites (N-methyl/N-ethyl adjacent to an activating group) is 1. The third-order valence-electron chi connectivity index (χ3n) is 3.91. The Kier molecular flexibility index (Phi) is 6.34. The van der Waals surface area contributed by atoms with Gasteiger partial charge in [0.2, 0.25) is 5.91 Å². The molecule has 0 radical (unpaired) electrons. The lowest BCUT2D eigenvalue weighted by molar-refractivity contribution is -0.117. The Balaban J connectivity index is 1.81. The summed E-state index contributed by atoms with van der Waals surface area (Å²) in [5, 5.41) is 3.89. The summed E-state index contributed by atoms with van der Waals surface area (Å²) in [6.07, 6.45) is 6.57. The lowest BCUT2D eigenvalue weighted by Gasteiger charge is -2.26. The predicted molar refractivity (Wildman–Crippen MR) is 89.2 cm³/mol. The summed E-state index contributed by atoms with van der Waals surface area (Å²) in [4.78, 5) is 14.2. The van der Waals surface area contributed by atoms with E-state index in [4.69, 9.17) is 23.2 Å². The summed E-state index contributed by atoms with van der Waals surface area (Å²) in [5.74, 6) is 0.670. The number of anilines is 1. The predicted octanol–water partition coefficient (Wildman–Crippen LogP) is 4.44. The smallest absolute Gasteiger partial charge is 0.238 e. The Hall–Kier alpha value is -0.770. The van der Waals surface area contributed by atoms with Gasteiger partial charge >= 0.3 is 0 Å².